The van der Waals surface area contributed by atoms with Gasteiger partial charge in [-0.2, -0.15) is 5.10 Å². The lowest BCUT2D eigenvalue weighted by Gasteiger charge is -2.08. The van der Waals surface area contributed by atoms with Crippen LogP contribution in [-0.4, -0.2) is 9.78 Å². The second-order valence-electron chi connectivity index (χ2n) is 4.92. The number of aromatic nitrogens is 2. The number of nitrogens with zero attached hydrogens (tertiary/aromatic N) is 2. The number of benzene rings is 1. The summed E-state index contributed by atoms with van der Waals surface area (Å²) in [6, 6.07) is 6.61. The predicted octanol–water partition coefficient (Wildman–Crippen LogP) is 2.96. The molecule has 0 aliphatic rings. The van der Waals surface area contributed by atoms with Crippen LogP contribution in [0.4, 0.5) is 0 Å². The quantitative estimate of drug-likeness (QED) is 0.897. The summed E-state index contributed by atoms with van der Waals surface area (Å²) >= 11 is 0. The lowest BCUT2D eigenvalue weighted by molar-refractivity contribution is 0.673. The van der Waals surface area contributed by atoms with E-state index in [4.69, 9.17) is 5.73 Å². The molecule has 0 aliphatic carbocycles. The van der Waals surface area contributed by atoms with Crippen LogP contribution in [0, 0.1) is 13.8 Å². The molecule has 0 fully saturated rings. The Morgan fingerprint density at radius 3 is 2.83 bits per heavy atom. The molecule has 3 nitrogen and oxygen atoms in total. The van der Waals surface area contributed by atoms with Crippen LogP contribution in [0.15, 0.2) is 30.6 Å². The van der Waals surface area contributed by atoms with E-state index < -0.39 is 0 Å². The van der Waals surface area contributed by atoms with Gasteiger partial charge in [0.2, 0.25) is 0 Å². The standard InChI is InChI=1S/C15H21N3/c1-4-15(16)14-8-17-18(10-14)9-13-7-11(2)5-6-12(13)3/h5-8,10,15H,4,9,16H2,1-3H3. The van der Waals surface area contributed by atoms with Gasteiger partial charge in [0.25, 0.3) is 0 Å². The molecule has 0 amide bonds. The van der Waals surface area contributed by atoms with E-state index in [0.717, 1.165) is 18.5 Å². The van der Waals surface area contributed by atoms with E-state index in [0.29, 0.717) is 0 Å². The molecule has 0 saturated carbocycles. The monoisotopic (exact) mass is 243 g/mol. The number of nitrogens with two attached hydrogens (primary N) is 1. The minimum Gasteiger partial charge on any atom is -0.324 e. The molecule has 2 rings (SSSR count). The molecular formula is C15H21N3. The first-order valence-electron chi connectivity index (χ1n) is 6.44. The highest BCUT2D eigenvalue weighted by Crippen LogP contribution is 2.15. The molecule has 1 unspecified atom stereocenters. The van der Waals surface area contributed by atoms with Gasteiger partial charge in [-0.15, -0.1) is 0 Å². The number of rotatable bonds is 4. The first-order valence-corrected chi connectivity index (χ1v) is 6.44. The van der Waals surface area contributed by atoms with Gasteiger partial charge in [0, 0.05) is 17.8 Å². The van der Waals surface area contributed by atoms with Crippen molar-refractivity contribution in [3.05, 3.63) is 52.8 Å². The van der Waals surface area contributed by atoms with Gasteiger partial charge in [-0.1, -0.05) is 30.7 Å². The Morgan fingerprint density at radius 1 is 1.33 bits per heavy atom. The van der Waals surface area contributed by atoms with Crippen molar-refractivity contribution >= 4 is 0 Å². The van der Waals surface area contributed by atoms with Crippen LogP contribution in [0.1, 0.15) is 41.6 Å². The fraction of sp³-hybridized carbons (Fsp3) is 0.400. The van der Waals surface area contributed by atoms with Crippen LogP contribution >= 0.6 is 0 Å². The largest absolute Gasteiger partial charge is 0.324 e. The van der Waals surface area contributed by atoms with Crippen molar-refractivity contribution in [2.75, 3.05) is 0 Å². The molecule has 1 aromatic heterocycles. The molecule has 0 radical (unpaired) electrons. The normalized spacial score (nSPS) is 12.7. The summed E-state index contributed by atoms with van der Waals surface area (Å²) in [5.41, 5.74) is 11.0. The smallest absolute Gasteiger partial charge is 0.0662 e. The van der Waals surface area contributed by atoms with E-state index in [1.54, 1.807) is 0 Å². The summed E-state index contributed by atoms with van der Waals surface area (Å²) in [6.07, 6.45) is 4.87. The van der Waals surface area contributed by atoms with E-state index in [9.17, 15) is 0 Å². The fourth-order valence-electron chi connectivity index (χ4n) is 2.04. The molecule has 96 valence electrons. The molecule has 2 aromatic rings. The van der Waals surface area contributed by atoms with Crippen molar-refractivity contribution in [1.29, 1.82) is 0 Å². The molecule has 1 heterocycles. The average Bonchev–Trinajstić information content (AvgIpc) is 2.81. The van der Waals surface area contributed by atoms with Gasteiger partial charge in [0.1, 0.15) is 0 Å². The Hall–Kier alpha value is -1.61. The summed E-state index contributed by atoms with van der Waals surface area (Å²) in [6.45, 7) is 7.15. The summed E-state index contributed by atoms with van der Waals surface area (Å²) in [4.78, 5) is 0. The van der Waals surface area contributed by atoms with Gasteiger partial charge in [-0.25, -0.2) is 0 Å². The van der Waals surface area contributed by atoms with Crippen LogP contribution in [-0.2, 0) is 6.54 Å². The maximum atomic E-state index is 6.00. The fourth-order valence-corrected chi connectivity index (χ4v) is 2.04. The number of hydrogen-bond acceptors (Lipinski definition) is 2. The highest BCUT2D eigenvalue weighted by atomic mass is 15.3. The topological polar surface area (TPSA) is 43.8 Å². The Kier molecular flexibility index (Phi) is 3.82. The van der Waals surface area contributed by atoms with Crippen molar-refractivity contribution in [3.63, 3.8) is 0 Å². The summed E-state index contributed by atoms with van der Waals surface area (Å²) in [5.74, 6) is 0. The Labute approximate surface area is 109 Å². The van der Waals surface area contributed by atoms with Gasteiger partial charge in [0.15, 0.2) is 0 Å². The third-order valence-corrected chi connectivity index (χ3v) is 3.36. The maximum absolute atomic E-state index is 6.00. The lowest BCUT2D eigenvalue weighted by Crippen LogP contribution is -2.07. The van der Waals surface area contributed by atoms with Gasteiger partial charge in [-0.3, -0.25) is 4.68 Å². The highest BCUT2D eigenvalue weighted by molar-refractivity contribution is 5.30. The van der Waals surface area contributed by atoms with Crippen LogP contribution < -0.4 is 5.73 Å². The molecule has 2 N–H and O–H groups in total. The molecular weight excluding hydrogens is 222 g/mol. The zero-order chi connectivity index (χ0) is 13.1. The van der Waals surface area contributed by atoms with Crippen LogP contribution in [0.3, 0.4) is 0 Å². The lowest BCUT2D eigenvalue weighted by atomic mass is 10.1. The molecule has 3 heteroatoms. The van der Waals surface area contributed by atoms with E-state index in [2.05, 4.69) is 50.3 Å². The zero-order valence-electron chi connectivity index (χ0n) is 11.4. The van der Waals surface area contributed by atoms with Crippen molar-refractivity contribution in [1.82, 2.24) is 9.78 Å². The van der Waals surface area contributed by atoms with Crippen molar-refractivity contribution in [3.8, 4) is 0 Å². The van der Waals surface area contributed by atoms with Crippen LogP contribution in [0.5, 0.6) is 0 Å². The molecule has 0 bridgehead atoms. The van der Waals surface area contributed by atoms with Crippen molar-refractivity contribution in [2.24, 2.45) is 5.73 Å². The van der Waals surface area contributed by atoms with Crippen molar-refractivity contribution in [2.45, 2.75) is 39.8 Å². The first kappa shape index (κ1) is 12.8. The van der Waals surface area contributed by atoms with Gasteiger partial charge in [0.05, 0.1) is 12.7 Å². The molecule has 1 atom stereocenters. The second-order valence-corrected chi connectivity index (χ2v) is 4.92. The summed E-state index contributed by atoms with van der Waals surface area (Å²) in [5, 5.41) is 4.39. The van der Waals surface area contributed by atoms with E-state index in [-0.39, 0.29) is 6.04 Å². The Balaban J connectivity index is 2.18. The van der Waals surface area contributed by atoms with Gasteiger partial charge < -0.3 is 5.73 Å². The van der Waals surface area contributed by atoms with Gasteiger partial charge in [-0.05, 0) is 31.4 Å². The third-order valence-electron chi connectivity index (χ3n) is 3.36. The average molecular weight is 243 g/mol. The van der Waals surface area contributed by atoms with Crippen molar-refractivity contribution < 1.29 is 0 Å². The van der Waals surface area contributed by atoms with E-state index >= 15 is 0 Å². The number of hydrogen-bond donors (Lipinski definition) is 1. The molecule has 1 aromatic carbocycles. The third kappa shape index (κ3) is 2.79. The Morgan fingerprint density at radius 2 is 2.11 bits per heavy atom. The maximum Gasteiger partial charge on any atom is 0.0662 e. The Bertz CT molecular complexity index is 528. The first-order chi connectivity index (χ1) is 8.60. The minimum absolute atomic E-state index is 0.0948. The molecule has 0 aliphatic heterocycles. The predicted molar refractivity (Wildman–Crippen MR) is 74.5 cm³/mol. The molecule has 18 heavy (non-hydrogen) atoms. The SMILES string of the molecule is CCC(N)c1cnn(Cc2cc(C)ccc2C)c1. The van der Waals surface area contributed by atoms with Gasteiger partial charge >= 0.3 is 0 Å². The zero-order valence-corrected chi connectivity index (χ0v) is 11.4. The van der Waals surface area contributed by atoms with E-state index in [1.807, 2.05) is 10.9 Å². The van der Waals surface area contributed by atoms with Crippen LogP contribution in [0.2, 0.25) is 0 Å². The molecule has 0 spiro atoms. The van der Waals surface area contributed by atoms with Crippen LogP contribution in [0.25, 0.3) is 0 Å². The molecule has 0 saturated heterocycles. The summed E-state index contributed by atoms with van der Waals surface area (Å²) < 4.78 is 1.96. The number of aryl methyl sites for hydroxylation is 2. The summed E-state index contributed by atoms with van der Waals surface area (Å²) in [7, 11) is 0. The van der Waals surface area contributed by atoms with E-state index in [1.165, 1.54) is 16.7 Å². The highest BCUT2D eigenvalue weighted by Gasteiger charge is 2.07. The second kappa shape index (κ2) is 5.36. The minimum atomic E-state index is 0.0948.